The summed E-state index contributed by atoms with van der Waals surface area (Å²) in [6, 6.07) is 0. The molecule has 0 unspecified atom stereocenters. The number of nitrogens with zero attached hydrogens (tertiary/aromatic N) is 3. The molecule has 0 saturated carbocycles. The van der Waals surface area contributed by atoms with Crippen molar-refractivity contribution < 1.29 is 13.2 Å². The van der Waals surface area contributed by atoms with Crippen LogP contribution >= 0.6 is 35.3 Å². The molecule has 0 aliphatic heterocycles. The third kappa shape index (κ3) is 9.91. The Bertz CT molecular complexity index is 522. The van der Waals surface area contributed by atoms with Gasteiger partial charge in [0.25, 0.3) is 0 Å². The lowest BCUT2D eigenvalue weighted by atomic mass is 10.4. The third-order valence-electron chi connectivity index (χ3n) is 3.49. The van der Waals surface area contributed by atoms with E-state index in [-0.39, 0.29) is 24.0 Å². The molecular formula is C16H29F3IN5S. The second-order valence-corrected chi connectivity index (χ2v) is 6.44. The molecule has 2 N–H and O–H groups in total. The van der Waals surface area contributed by atoms with E-state index >= 15 is 0 Å². The highest BCUT2D eigenvalue weighted by atomic mass is 127. The Hall–Kier alpha value is -0.620. The van der Waals surface area contributed by atoms with Gasteiger partial charge in [-0.1, -0.05) is 13.8 Å². The average molecular weight is 507 g/mol. The molecule has 0 aliphatic rings. The molecule has 1 aromatic rings. The van der Waals surface area contributed by atoms with Gasteiger partial charge in [0.1, 0.15) is 0 Å². The van der Waals surface area contributed by atoms with Gasteiger partial charge in [-0.25, -0.2) is 4.98 Å². The molecule has 0 aliphatic carbocycles. The van der Waals surface area contributed by atoms with E-state index in [9.17, 15) is 13.2 Å². The number of thiazole rings is 1. The van der Waals surface area contributed by atoms with Crippen molar-refractivity contribution in [2.24, 2.45) is 4.99 Å². The highest BCUT2D eigenvalue weighted by molar-refractivity contribution is 14.0. The third-order valence-corrected chi connectivity index (χ3v) is 4.40. The summed E-state index contributed by atoms with van der Waals surface area (Å²) in [4.78, 5) is 10.5. The first-order chi connectivity index (χ1) is 11.9. The standard InChI is InChI=1S/C16H28F3N5S.HI/c1-4-10-24(6-3)11-9-22-15(20-5-2)21-8-7-14-23-13(12-25-14)16(17,18)19;/h12H,4-11H2,1-3H3,(H2,20,21,22);1H. The summed E-state index contributed by atoms with van der Waals surface area (Å²) in [7, 11) is 0. The molecule has 0 atom stereocenters. The number of aromatic nitrogens is 1. The topological polar surface area (TPSA) is 52.5 Å². The van der Waals surface area contributed by atoms with E-state index in [1.54, 1.807) is 0 Å². The SMILES string of the molecule is CCCN(CC)CCN=C(NCC)NCCc1nc(C(F)(F)F)cs1.I. The molecule has 5 nitrogen and oxygen atoms in total. The van der Waals surface area contributed by atoms with Gasteiger partial charge in [0.05, 0.1) is 11.6 Å². The van der Waals surface area contributed by atoms with E-state index in [4.69, 9.17) is 0 Å². The number of guanidine groups is 1. The van der Waals surface area contributed by atoms with Gasteiger partial charge in [-0.3, -0.25) is 4.99 Å². The summed E-state index contributed by atoms with van der Waals surface area (Å²) in [5.41, 5.74) is -0.816. The maximum absolute atomic E-state index is 12.5. The van der Waals surface area contributed by atoms with Crippen LogP contribution in [0.2, 0.25) is 0 Å². The summed E-state index contributed by atoms with van der Waals surface area (Å²) in [5, 5.41) is 7.82. The molecule has 1 aromatic heterocycles. The number of halogens is 4. The van der Waals surface area contributed by atoms with Crippen LogP contribution in [0, 0.1) is 0 Å². The van der Waals surface area contributed by atoms with Crippen molar-refractivity contribution in [2.45, 2.75) is 39.8 Å². The quantitative estimate of drug-likeness (QED) is 0.289. The van der Waals surface area contributed by atoms with Crippen LogP contribution in [0.15, 0.2) is 10.4 Å². The van der Waals surface area contributed by atoms with Crippen LogP contribution in [0.1, 0.15) is 37.9 Å². The summed E-state index contributed by atoms with van der Waals surface area (Å²) in [6.45, 7) is 11.1. The number of aliphatic imine (C=N–C) groups is 1. The van der Waals surface area contributed by atoms with E-state index in [0.717, 1.165) is 49.3 Å². The van der Waals surface area contributed by atoms with Crippen LogP contribution in [0.5, 0.6) is 0 Å². The zero-order chi connectivity index (χ0) is 18.7. The summed E-state index contributed by atoms with van der Waals surface area (Å²) in [6.07, 6.45) is -2.83. The second-order valence-electron chi connectivity index (χ2n) is 5.50. The fraction of sp³-hybridized carbons (Fsp3) is 0.750. The molecule has 0 saturated heterocycles. The Balaban J connectivity index is 0.00000625. The Morgan fingerprint density at radius 2 is 1.96 bits per heavy atom. The molecule has 0 fully saturated rings. The van der Waals surface area contributed by atoms with Crippen molar-refractivity contribution >= 4 is 41.3 Å². The smallest absolute Gasteiger partial charge is 0.357 e. The van der Waals surface area contributed by atoms with Crippen molar-refractivity contribution in [3.05, 3.63) is 16.1 Å². The second kappa shape index (κ2) is 13.5. The molecule has 0 radical (unpaired) electrons. The molecular weight excluding hydrogens is 478 g/mol. The van der Waals surface area contributed by atoms with E-state index < -0.39 is 11.9 Å². The van der Waals surface area contributed by atoms with Crippen molar-refractivity contribution in [3.63, 3.8) is 0 Å². The van der Waals surface area contributed by atoms with Gasteiger partial charge in [0.2, 0.25) is 0 Å². The highest BCUT2D eigenvalue weighted by Gasteiger charge is 2.33. The minimum absolute atomic E-state index is 0. The lowest BCUT2D eigenvalue weighted by molar-refractivity contribution is -0.140. The fourth-order valence-corrected chi connectivity index (χ4v) is 3.04. The van der Waals surface area contributed by atoms with Crippen LogP contribution in [0.4, 0.5) is 13.2 Å². The number of hydrogen-bond acceptors (Lipinski definition) is 4. The van der Waals surface area contributed by atoms with Gasteiger partial charge in [-0.05, 0) is 26.4 Å². The zero-order valence-corrected chi connectivity index (χ0v) is 18.7. The summed E-state index contributed by atoms with van der Waals surface area (Å²) < 4.78 is 37.6. The number of alkyl halides is 3. The number of hydrogen-bond donors (Lipinski definition) is 2. The van der Waals surface area contributed by atoms with Crippen LogP contribution in [-0.4, -0.2) is 55.1 Å². The van der Waals surface area contributed by atoms with Crippen LogP contribution in [0.3, 0.4) is 0 Å². The first-order valence-electron chi connectivity index (χ1n) is 8.66. The lowest BCUT2D eigenvalue weighted by Gasteiger charge is -2.18. The average Bonchev–Trinajstić information content (AvgIpc) is 3.03. The molecule has 0 aromatic carbocycles. The maximum atomic E-state index is 12.5. The molecule has 1 rings (SSSR count). The molecule has 26 heavy (non-hydrogen) atoms. The Kier molecular flexibility index (Phi) is 13.2. The van der Waals surface area contributed by atoms with E-state index in [0.29, 0.717) is 30.5 Å². The number of nitrogens with one attached hydrogen (secondary N) is 2. The normalized spacial score (nSPS) is 12.2. The number of likely N-dealkylation sites (N-methyl/N-ethyl adjacent to an activating group) is 1. The predicted octanol–water partition coefficient (Wildman–Crippen LogP) is 3.61. The van der Waals surface area contributed by atoms with Gasteiger partial charge < -0.3 is 15.5 Å². The van der Waals surface area contributed by atoms with Gasteiger partial charge >= 0.3 is 6.18 Å². The van der Waals surface area contributed by atoms with E-state index in [2.05, 4.69) is 39.4 Å². The predicted molar refractivity (Wildman–Crippen MR) is 113 cm³/mol. The Morgan fingerprint density at radius 3 is 2.50 bits per heavy atom. The van der Waals surface area contributed by atoms with Gasteiger partial charge in [0, 0.05) is 31.4 Å². The fourth-order valence-electron chi connectivity index (χ4n) is 2.23. The highest BCUT2D eigenvalue weighted by Crippen LogP contribution is 2.29. The van der Waals surface area contributed by atoms with Crippen molar-refractivity contribution in [3.8, 4) is 0 Å². The monoisotopic (exact) mass is 507 g/mol. The summed E-state index contributed by atoms with van der Waals surface area (Å²) >= 11 is 1.03. The van der Waals surface area contributed by atoms with E-state index in [1.165, 1.54) is 0 Å². The van der Waals surface area contributed by atoms with Crippen molar-refractivity contribution in [1.82, 2.24) is 20.5 Å². The number of rotatable bonds is 10. The Labute approximate surface area is 174 Å². The van der Waals surface area contributed by atoms with Gasteiger partial charge in [0.15, 0.2) is 11.7 Å². The van der Waals surface area contributed by atoms with Crippen LogP contribution < -0.4 is 10.6 Å². The van der Waals surface area contributed by atoms with Gasteiger partial charge in [-0.2, -0.15) is 13.2 Å². The summed E-state index contributed by atoms with van der Waals surface area (Å²) in [5.74, 6) is 0.683. The van der Waals surface area contributed by atoms with Crippen molar-refractivity contribution in [2.75, 3.05) is 39.3 Å². The molecule has 1 heterocycles. The maximum Gasteiger partial charge on any atom is 0.434 e. The first-order valence-corrected chi connectivity index (χ1v) is 9.54. The Morgan fingerprint density at radius 1 is 1.23 bits per heavy atom. The molecule has 152 valence electrons. The minimum Gasteiger partial charge on any atom is -0.357 e. The van der Waals surface area contributed by atoms with Crippen LogP contribution in [0.25, 0.3) is 0 Å². The first kappa shape index (κ1) is 25.4. The molecule has 10 heteroatoms. The van der Waals surface area contributed by atoms with Gasteiger partial charge in [-0.15, -0.1) is 35.3 Å². The lowest BCUT2D eigenvalue weighted by Crippen LogP contribution is -2.39. The molecule has 0 spiro atoms. The van der Waals surface area contributed by atoms with Crippen molar-refractivity contribution in [1.29, 1.82) is 0 Å². The largest absolute Gasteiger partial charge is 0.434 e. The van der Waals surface area contributed by atoms with Crippen LogP contribution in [-0.2, 0) is 12.6 Å². The molecule has 0 bridgehead atoms. The minimum atomic E-state index is -4.37. The van der Waals surface area contributed by atoms with E-state index in [1.807, 2.05) is 6.92 Å². The zero-order valence-electron chi connectivity index (χ0n) is 15.5. The molecule has 0 amide bonds.